The molecule has 0 spiro atoms. The van der Waals surface area contributed by atoms with E-state index in [1.54, 1.807) is 0 Å². The van der Waals surface area contributed by atoms with Gasteiger partial charge in [-0.2, -0.15) is 18.2 Å². The Morgan fingerprint density at radius 2 is 1.85 bits per heavy atom. The number of aromatic nitrogens is 1. The molecule has 0 unspecified atom stereocenters. The van der Waals surface area contributed by atoms with Crippen molar-refractivity contribution in [3.8, 4) is 6.08 Å². The maximum atomic E-state index is 12.9. The first kappa shape index (κ1) is 30.9. The monoisotopic (exact) mass is 592 g/mol. The zero-order valence-electron chi connectivity index (χ0n) is 20.7. The molecule has 0 amide bonds. The maximum Gasteiger partial charge on any atom is 0.491 e. The lowest BCUT2D eigenvalue weighted by atomic mass is 10.0. The first-order valence-electron chi connectivity index (χ1n) is 12.0. The third-order valence-corrected chi connectivity index (χ3v) is 6.61. The van der Waals surface area contributed by atoms with E-state index in [-0.39, 0.29) is 35.7 Å². The van der Waals surface area contributed by atoms with Crippen molar-refractivity contribution in [1.82, 2.24) is 10.3 Å². The van der Waals surface area contributed by atoms with Gasteiger partial charge < -0.3 is 35.8 Å². The maximum absolute atomic E-state index is 12.9. The van der Waals surface area contributed by atoms with Crippen molar-refractivity contribution in [2.75, 3.05) is 19.7 Å². The number of aryl methyl sites for hydroxylation is 1. The minimum atomic E-state index is -5.32. The number of carbonyl (C=O) groups is 1. The van der Waals surface area contributed by atoms with Gasteiger partial charge in [0.15, 0.2) is 5.58 Å². The standard InChI is InChI=1S/C25H29Cl2F3N4O5/c26-17-11-19-20(12-18(17)27)38-23(34-19)37-13-16(9-8-15-5-2-1-3-6-15)33-14-24(36,21(32)7-4-10-31)39-22(35)25(28,29)30/h1-3,5-6,11-12,16,21,33,36H,4,7-10,13-14,31-32H2/t16-,21-,24+/m1/s1. The SMILES string of the molecule is NCCC[C@@H](N)[C@](O)(CN[C@H](CCc1ccccc1)COc1nc2cc(Cl)c(Cl)cc2o1)OC(=O)C(F)(F)F. The third kappa shape index (κ3) is 8.95. The first-order valence-corrected chi connectivity index (χ1v) is 12.8. The number of nitrogens with two attached hydrogens (primary N) is 2. The third-order valence-electron chi connectivity index (χ3n) is 5.89. The Balaban J connectivity index is 1.75. The van der Waals surface area contributed by atoms with Gasteiger partial charge in [-0.3, -0.25) is 0 Å². The average Bonchev–Trinajstić information content (AvgIpc) is 3.28. The van der Waals surface area contributed by atoms with Crippen molar-refractivity contribution in [3.05, 3.63) is 58.1 Å². The molecule has 0 saturated carbocycles. The summed E-state index contributed by atoms with van der Waals surface area (Å²) in [5.41, 5.74) is 13.2. The number of halogens is 5. The van der Waals surface area contributed by atoms with Gasteiger partial charge in [0.05, 0.1) is 22.6 Å². The molecule has 0 saturated heterocycles. The Hall–Kier alpha value is -2.61. The second-order valence-electron chi connectivity index (χ2n) is 8.90. The Kier molecular flexibility index (Phi) is 10.8. The largest absolute Gasteiger partial charge is 0.491 e. The molecule has 0 aliphatic heterocycles. The van der Waals surface area contributed by atoms with E-state index in [1.165, 1.54) is 12.1 Å². The van der Waals surface area contributed by atoms with Gasteiger partial charge in [0.1, 0.15) is 12.1 Å². The molecule has 39 heavy (non-hydrogen) atoms. The Bertz CT molecular complexity index is 1190. The molecule has 2 aromatic carbocycles. The number of ether oxygens (including phenoxy) is 2. The molecule has 9 nitrogen and oxygen atoms in total. The van der Waals surface area contributed by atoms with Crippen LogP contribution in [0.4, 0.5) is 13.2 Å². The van der Waals surface area contributed by atoms with Gasteiger partial charge in [-0.25, -0.2) is 4.79 Å². The van der Waals surface area contributed by atoms with E-state index in [0.717, 1.165) is 5.56 Å². The number of rotatable bonds is 14. The fourth-order valence-corrected chi connectivity index (χ4v) is 3.99. The van der Waals surface area contributed by atoms with Gasteiger partial charge in [-0.1, -0.05) is 53.5 Å². The number of alkyl halides is 3. The molecule has 0 bridgehead atoms. The Labute approximate surface area is 232 Å². The molecule has 14 heteroatoms. The van der Waals surface area contributed by atoms with Crippen molar-refractivity contribution >= 4 is 40.3 Å². The van der Waals surface area contributed by atoms with E-state index in [2.05, 4.69) is 15.0 Å². The summed E-state index contributed by atoms with van der Waals surface area (Å²) in [5, 5.41) is 14.4. The molecule has 3 rings (SSSR count). The predicted octanol–water partition coefficient (Wildman–Crippen LogP) is 3.96. The normalized spacial score (nSPS) is 15.1. The van der Waals surface area contributed by atoms with Crippen LogP contribution in [0.1, 0.15) is 24.8 Å². The highest BCUT2D eigenvalue weighted by molar-refractivity contribution is 6.42. The number of hydrogen-bond donors (Lipinski definition) is 4. The molecule has 3 aromatic rings. The molecular weight excluding hydrogens is 564 g/mol. The molecular formula is C25H29Cl2F3N4O5. The van der Waals surface area contributed by atoms with Crippen molar-refractivity contribution in [3.63, 3.8) is 0 Å². The zero-order chi connectivity index (χ0) is 28.6. The van der Waals surface area contributed by atoms with Crippen LogP contribution in [-0.4, -0.2) is 59.8 Å². The highest BCUT2D eigenvalue weighted by atomic mass is 35.5. The molecule has 0 radical (unpaired) electrons. The highest BCUT2D eigenvalue weighted by Crippen LogP contribution is 2.30. The number of oxazole rings is 1. The lowest BCUT2D eigenvalue weighted by molar-refractivity contribution is -0.252. The number of carbonyl (C=O) groups excluding carboxylic acids is 1. The molecule has 1 aromatic heterocycles. The lowest BCUT2D eigenvalue weighted by Gasteiger charge is -2.35. The molecule has 214 valence electrons. The molecule has 3 atom stereocenters. The van der Waals surface area contributed by atoms with Crippen LogP contribution in [0.2, 0.25) is 10.0 Å². The van der Waals surface area contributed by atoms with E-state index in [4.69, 9.17) is 43.8 Å². The van der Waals surface area contributed by atoms with E-state index in [0.29, 0.717) is 30.4 Å². The smallest absolute Gasteiger partial charge is 0.449 e. The summed E-state index contributed by atoms with van der Waals surface area (Å²) in [5.74, 6) is -5.23. The van der Waals surface area contributed by atoms with Crippen LogP contribution < -0.4 is 21.5 Å². The van der Waals surface area contributed by atoms with Gasteiger partial charge in [0.25, 0.3) is 0 Å². The van der Waals surface area contributed by atoms with Crippen LogP contribution in [0.25, 0.3) is 11.1 Å². The van der Waals surface area contributed by atoms with E-state index in [1.807, 2.05) is 30.3 Å². The predicted molar refractivity (Wildman–Crippen MR) is 139 cm³/mol. The number of nitrogens with one attached hydrogen (secondary N) is 1. The summed E-state index contributed by atoms with van der Waals surface area (Å²) in [6.45, 7) is -0.497. The van der Waals surface area contributed by atoms with Gasteiger partial charge in [0.2, 0.25) is 5.79 Å². The number of aliphatic hydroxyl groups is 1. The summed E-state index contributed by atoms with van der Waals surface area (Å²) in [7, 11) is 0. The van der Waals surface area contributed by atoms with E-state index >= 15 is 0 Å². The summed E-state index contributed by atoms with van der Waals surface area (Å²) in [6.07, 6.45) is -4.13. The number of esters is 1. The summed E-state index contributed by atoms with van der Waals surface area (Å²) >= 11 is 12.0. The average molecular weight is 593 g/mol. The molecule has 0 aliphatic rings. The molecule has 1 heterocycles. The van der Waals surface area contributed by atoms with Crippen molar-refractivity contribution < 1.29 is 37.0 Å². The highest BCUT2D eigenvalue weighted by Gasteiger charge is 2.48. The summed E-state index contributed by atoms with van der Waals surface area (Å²) in [6, 6.07) is 10.5. The fourth-order valence-electron chi connectivity index (χ4n) is 3.68. The van der Waals surface area contributed by atoms with Crippen LogP contribution in [0, 0.1) is 0 Å². The van der Waals surface area contributed by atoms with E-state index in [9.17, 15) is 23.1 Å². The number of hydrogen-bond acceptors (Lipinski definition) is 9. The van der Waals surface area contributed by atoms with Gasteiger partial charge in [-0.15, -0.1) is 0 Å². The first-order chi connectivity index (χ1) is 18.4. The second kappa shape index (κ2) is 13.6. The summed E-state index contributed by atoms with van der Waals surface area (Å²) < 4.78 is 54.5. The van der Waals surface area contributed by atoms with Crippen LogP contribution in [-0.2, 0) is 16.0 Å². The quantitative estimate of drug-likeness (QED) is 0.161. The fraction of sp³-hybridized carbons (Fsp3) is 0.440. The van der Waals surface area contributed by atoms with Crippen LogP contribution in [0.15, 0.2) is 46.9 Å². The zero-order valence-corrected chi connectivity index (χ0v) is 22.2. The molecule has 0 aliphatic carbocycles. The van der Waals surface area contributed by atoms with Crippen molar-refractivity contribution in [2.45, 2.75) is 49.7 Å². The van der Waals surface area contributed by atoms with Gasteiger partial charge in [0, 0.05) is 12.1 Å². The lowest BCUT2D eigenvalue weighted by Crippen LogP contribution is -2.60. The molecule has 0 fully saturated rings. The molecule has 6 N–H and O–H groups in total. The van der Waals surface area contributed by atoms with Crippen LogP contribution >= 0.6 is 23.2 Å². The Morgan fingerprint density at radius 1 is 1.15 bits per heavy atom. The Morgan fingerprint density at radius 3 is 2.51 bits per heavy atom. The number of fused-ring (bicyclic) bond motifs is 1. The second-order valence-corrected chi connectivity index (χ2v) is 9.71. The van der Waals surface area contributed by atoms with Crippen molar-refractivity contribution in [2.24, 2.45) is 11.5 Å². The van der Waals surface area contributed by atoms with Crippen LogP contribution in [0.5, 0.6) is 6.08 Å². The summed E-state index contributed by atoms with van der Waals surface area (Å²) in [4.78, 5) is 15.8. The minimum absolute atomic E-state index is 0.0129. The minimum Gasteiger partial charge on any atom is -0.449 e. The van der Waals surface area contributed by atoms with E-state index < -0.39 is 36.6 Å². The topological polar surface area (TPSA) is 146 Å². The van der Waals surface area contributed by atoms with Crippen LogP contribution in [0.3, 0.4) is 0 Å². The van der Waals surface area contributed by atoms with Gasteiger partial charge in [-0.05, 0) is 43.9 Å². The van der Waals surface area contributed by atoms with Crippen molar-refractivity contribution in [1.29, 1.82) is 0 Å². The number of benzene rings is 2. The number of nitrogens with zero attached hydrogens (tertiary/aromatic N) is 1. The van der Waals surface area contributed by atoms with Gasteiger partial charge >= 0.3 is 18.2 Å².